The Morgan fingerprint density at radius 1 is 1.41 bits per heavy atom. The number of benzene rings is 1. The summed E-state index contributed by atoms with van der Waals surface area (Å²) >= 11 is 5.40. The van der Waals surface area contributed by atoms with Gasteiger partial charge in [0.25, 0.3) is 0 Å². The van der Waals surface area contributed by atoms with Crippen molar-refractivity contribution < 1.29 is 4.74 Å². The first-order valence-corrected chi connectivity index (χ1v) is 7.56. The quantitative estimate of drug-likeness (QED) is 0.872. The van der Waals surface area contributed by atoms with E-state index in [1.54, 1.807) is 7.11 Å². The monoisotopic (exact) mass is 317 g/mol. The van der Waals surface area contributed by atoms with Gasteiger partial charge in [0.15, 0.2) is 0 Å². The van der Waals surface area contributed by atoms with Gasteiger partial charge >= 0.3 is 0 Å². The maximum Gasteiger partial charge on any atom is 0.133 e. The number of hydrogen-bond acceptors (Lipinski definition) is 3. The van der Waals surface area contributed by atoms with Crippen LogP contribution in [-0.4, -0.2) is 24.2 Å². The van der Waals surface area contributed by atoms with E-state index >= 15 is 0 Å². The van der Waals surface area contributed by atoms with Gasteiger partial charge in [-0.1, -0.05) is 19.9 Å². The summed E-state index contributed by atoms with van der Waals surface area (Å²) in [6.07, 6.45) is 0.905. The van der Waals surface area contributed by atoms with E-state index in [1.165, 1.54) is 5.56 Å². The number of ether oxygens (including phenoxy) is 1. The summed E-state index contributed by atoms with van der Waals surface area (Å²) in [5.74, 6) is 1.86. The zero-order valence-corrected chi connectivity index (χ0v) is 13.0. The second-order valence-corrected chi connectivity index (χ2v) is 6.78. The highest BCUT2D eigenvalue weighted by atomic mass is 79.9. The Balaban J connectivity index is 2.53. The van der Waals surface area contributed by atoms with Crippen LogP contribution in [0.1, 0.15) is 19.4 Å². The van der Waals surface area contributed by atoms with Crippen molar-refractivity contribution >= 4 is 27.7 Å². The van der Waals surface area contributed by atoms with Crippen LogP contribution < -0.4 is 10.5 Å². The molecule has 1 rings (SSSR count). The van der Waals surface area contributed by atoms with Gasteiger partial charge in [-0.2, -0.15) is 11.8 Å². The number of thioether (sulfide) groups is 1. The van der Waals surface area contributed by atoms with Crippen LogP contribution in [0.3, 0.4) is 0 Å². The maximum absolute atomic E-state index is 6.11. The average Bonchev–Trinajstić information content (AvgIpc) is 2.26. The highest BCUT2D eigenvalue weighted by molar-refractivity contribution is 9.10. The number of hydrogen-bond donors (Lipinski definition) is 1. The van der Waals surface area contributed by atoms with Crippen LogP contribution in [0.15, 0.2) is 22.7 Å². The van der Waals surface area contributed by atoms with Gasteiger partial charge in [0.2, 0.25) is 0 Å². The molecule has 0 aliphatic heterocycles. The summed E-state index contributed by atoms with van der Waals surface area (Å²) in [6, 6.07) is 6.34. The SMILES string of the molecule is COc1ccc(CC(N)CSC(C)C)cc1Br. The zero-order valence-electron chi connectivity index (χ0n) is 10.6. The molecule has 2 nitrogen and oxygen atoms in total. The average molecular weight is 318 g/mol. The van der Waals surface area contributed by atoms with Crippen molar-refractivity contribution in [3.05, 3.63) is 28.2 Å². The fourth-order valence-electron chi connectivity index (χ4n) is 1.51. The Labute approximate surface area is 116 Å². The second kappa shape index (κ2) is 7.29. The van der Waals surface area contributed by atoms with Crippen LogP contribution in [0.4, 0.5) is 0 Å². The lowest BCUT2D eigenvalue weighted by molar-refractivity contribution is 0.412. The van der Waals surface area contributed by atoms with Crippen molar-refractivity contribution in [2.24, 2.45) is 5.73 Å². The molecular formula is C13H20BrNOS. The molecule has 0 bridgehead atoms. The van der Waals surface area contributed by atoms with Crippen LogP contribution in [0.2, 0.25) is 0 Å². The largest absolute Gasteiger partial charge is 0.496 e. The van der Waals surface area contributed by atoms with E-state index in [9.17, 15) is 0 Å². The summed E-state index contributed by atoms with van der Waals surface area (Å²) in [5, 5.41) is 0.642. The summed E-state index contributed by atoms with van der Waals surface area (Å²) < 4.78 is 6.19. The summed E-state index contributed by atoms with van der Waals surface area (Å²) in [4.78, 5) is 0. The smallest absolute Gasteiger partial charge is 0.133 e. The lowest BCUT2D eigenvalue weighted by Gasteiger charge is -2.13. The molecule has 0 saturated heterocycles. The van der Waals surface area contributed by atoms with Crippen molar-refractivity contribution in [1.82, 2.24) is 0 Å². The Morgan fingerprint density at radius 3 is 2.65 bits per heavy atom. The standard InChI is InChI=1S/C13H20BrNOS/c1-9(2)17-8-11(15)6-10-4-5-13(16-3)12(14)7-10/h4-5,7,9,11H,6,8,15H2,1-3H3. The highest BCUT2D eigenvalue weighted by Gasteiger charge is 2.08. The normalized spacial score (nSPS) is 12.8. The minimum atomic E-state index is 0.211. The molecule has 96 valence electrons. The van der Waals surface area contributed by atoms with Crippen molar-refractivity contribution in [1.29, 1.82) is 0 Å². The molecule has 1 aromatic carbocycles. The van der Waals surface area contributed by atoms with Crippen LogP contribution >= 0.6 is 27.7 Å². The number of halogens is 1. The van der Waals surface area contributed by atoms with E-state index in [-0.39, 0.29) is 6.04 Å². The molecule has 2 N–H and O–H groups in total. The number of methoxy groups -OCH3 is 1. The van der Waals surface area contributed by atoms with E-state index in [0.717, 1.165) is 22.4 Å². The van der Waals surface area contributed by atoms with Crippen LogP contribution in [-0.2, 0) is 6.42 Å². The van der Waals surface area contributed by atoms with Gasteiger partial charge in [-0.3, -0.25) is 0 Å². The maximum atomic E-state index is 6.11. The molecule has 0 aliphatic carbocycles. The number of rotatable bonds is 6. The molecule has 0 amide bonds. The Kier molecular flexibility index (Phi) is 6.38. The molecule has 0 heterocycles. The predicted molar refractivity (Wildman–Crippen MR) is 80.0 cm³/mol. The Bertz CT molecular complexity index is 357. The van der Waals surface area contributed by atoms with Gasteiger partial charge in [0.05, 0.1) is 11.6 Å². The third-order valence-electron chi connectivity index (χ3n) is 2.36. The molecule has 0 fully saturated rings. The van der Waals surface area contributed by atoms with E-state index in [0.29, 0.717) is 5.25 Å². The lowest BCUT2D eigenvalue weighted by atomic mass is 10.1. The molecule has 1 unspecified atom stereocenters. The molecule has 0 aromatic heterocycles. The minimum Gasteiger partial charge on any atom is -0.496 e. The van der Waals surface area contributed by atoms with Gasteiger partial charge in [0, 0.05) is 11.8 Å². The van der Waals surface area contributed by atoms with Crippen molar-refractivity contribution in [2.75, 3.05) is 12.9 Å². The summed E-state index contributed by atoms with van der Waals surface area (Å²) in [5.41, 5.74) is 7.35. The third-order valence-corrected chi connectivity index (χ3v) is 4.26. The topological polar surface area (TPSA) is 35.2 Å². The molecule has 1 aromatic rings. The first-order valence-electron chi connectivity index (χ1n) is 5.72. The molecule has 0 spiro atoms. The first kappa shape index (κ1) is 14.9. The van der Waals surface area contributed by atoms with Crippen molar-refractivity contribution in [3.8, 4) is 5.75 Å². The fourth-order valence-corrected chi connectivity index (χ4v) is 2.85. The minimum absolute atomic E-state index is 0.211. The fraction of sp³-hybridized carbons (Fsp3) is 0.538. The molecule has 0 saturated carbocycles. The van der Waals surface area contributed by atoms with Gasteiger partial charge in [0.1, 0.15) is 5.75 Å². The van der Waals surface area contributed by atoms with E-state index in [1.807, 2.05) is 17.8 Å². The second-order valence-electron chi connectivity index (χ2n) is 4.32. The van der Waals surface area contributed by atoms with Gasteiger partial charge < -0.3 is 10.5 Å². The van der Waals surface area contributed by atoms with Gasteiger partial charge in [-0.05, 0) is 45.3 Å². The molecule has 0 aliphatic rings. The van der Waals surface area contributed by atoms with Crippen LogP contribution in [0, 0.1) is 0 Å². The lowest BCUT2D eigenvalue weighted by Crippen LogP contribution is -2.26. The first-order chi connectivity index (χ1) is 8.02. The molecule has 4 heteroatoms. The molecule has 0 radical (unpaired) electrons. The van der Waals surface area contributed by atoms with Crippen molar-refractivity contribution in [3.63, 3.8) is 0 Å². The summed E-state index contributed by atoms with van der Waals surface area (Å²) in [7, 11) is 1.67. The van der Waals surface area contributed by atoms with Gasteiger partial charge in [-0.15, -0.1) is 0 Å². The summed E-state index contributed by atoms with van der Waals surface area (Å²) in [6.45, 7) is 4.39. The third kappa shape index (κ3) is 5.32. The molecule has 1 atom stereocenters. The highest BCUT2D eigenvalue weighted by Crippen LogP contribution is 2.26. The van der Waals surface area contributed by atoms with Gasteiger partial charge in [-0.25, -0.2) is 0 Å². The van der Waals surface area contributed by atoms with Crippen LogP contribution in [0.5, 0.6) is 5.75 Å². The van der Waals surface area contributed by atoms with Crippen LogP contribution in [0.25, 0.3) is 0 Å². The number of nitrogens with two attached hydrogens (primary N) is 1. The Morgan fingerprint density at radius 2 is 2.12 bits per heavy atom. The van der Waals surface area contributed by atoms with Crippen molar-refractivity contribution in [2.45, 2.75) is 31.6 Å². The van der Waals surface area contributed by atoms with E-state index in [2.05, 4.69) is 41.9 Å². The predicted octanol–water partition coefficient (Wildman–Crippen LogP) is 3.47. The zero-order chi connectivity index (χ0) is 12.8. The molecular weight excluding hydrogens is 298 g/mol. The molecule has 17 heavy (non-hydrogen) atoms. The Hall–Kier alpha value is -0.190. The van der Waals surface area contributed by atoms with E-state index < -0.39 is 0 Å². The van der Waals surface area contributed by atoms with E-state index in [4.69, 9.17) is 10.5 Å².